The lowest BCUT2D eigenvalue weighted by atomic mass is 9.90. The van der Waals surface area contributed by atoms with Gasteiger partial charge >= 0.3 is 5.97 Å². The van der Waals surface area contributed by atoms with Crippen LogP contribution in [0.1, 0.15) is 34.3 Å². The standard InChI is InChI=1S/C17H16O3/c1-2-12-7-6-10-14(11-12)16(18)15(17(19)20)13-8-4-3-5-9-13/h3-11,15H,2H2,1H3,(H,19,20). The van der Waals surface area contributed by atoms with Crippen LogP contribution in [0.3, 0.4) is 0 Å². The summed E-state index contributed by atoms with van der Waals surface area (Å²) < 4.78 is 0. The minimum Gasteiger partial charge on any atom is -0.480 e. The van der Waals surface area contributed by atoms with Crippen LogP contribution in [0.5, 0.6) is 0 Å². The maximum atomic E-state index is 12.5. The van der Waals surface area contributed by atoms with Gasteiger partial charge in [0.25, 0.3) is 0 Å². The van der Waals surface area contributed by atoms with Crippen LogP contribution in [0.4, 0.5) is 0 Å². The van der Waals surface area contributed by atoms with E-state index in [9.17, 15) is 14.7 Å². The number of aliphatic carboxylic acids is 1. The Labute approximate surface area is 117 Å². The van der Waals surface area contributed by atoms with Crippen molar-refractivity contribution in [2.45, 2.75) is 19.3 Å². The maximum absolute atomic E-state index is 12.5. The van der Waals surface area contributed by atoms with Gasteiger partial charge in [0.1, 0.15) is 5.92 Å². The molecule has 2 aromatic carbocycles. The molecule has 0 aliphatic rings. The molecule has 1 N–H and O–H groups in total. The van der Waals surface area contributed by atoms with Gasteiger partial charge in [0.2, 0.25) is 0 Å². The van der Waals surface area contributed by atoms with E-state index in [-0.39, 0.29) is 5.78 Å². The summed E-state index contributed by atoms with van der Waals surface area (Å²) in [7, 11) is 0. The first-order valence-electron chi connectivity index (χ1n) is 6.54. The molecule has 2 aromatic rings. The summed E-state index contributed by atoms with van der Waals surface area (Å²) in [4.78, 5) is 23.9. The molecule has 0 aliphatic carbocycles. The van der Waals surface area contributed by atoms with Crippen molar-refractivity contribution in [3.05, 3.63) is 71.3 Å². The Hall–Kier alpha value is -2.42. The molecule has 0 saturated heterocycles. The van der Waals surface area contributed by atoms with Crippen LogP contribution >= 0.6 is 0 Å². The van der Waals surface area contributed by atoms with E-state index >= 15 is 0 Å². The molecule has 0 saturated carbocycles. The minimum atomic E-state index is -1.15. The van der Waals surface area contributed by atoms with Gasteiger partial charge in [0, 0.05) is 5.56 Å². The number of hydrogen-bond donors (Lipinski definition) is 1. The molecule has 0 spiro atoms. The summed E-state index contributed by atoms with van der Waals surface area (Å²) in [5.74, 6) is -2.65. The first-order chi connectivity index (χ1) is 9.63. The summed E-state index contributed by atoms with van der Waals surface area (Å²) in [5, 5.41) is 9.36. The Bertz CT molecular complexity index is 617. The Balaban J connectivity index is 2.39. The van der Waals surface area contributed by atoms with Crippen molar-refractivity contribution in [1.29, 1.82) is 0 Å². The second-order valence-electron chi connectivity index (χ2n) is 4.60. The number of ketones is 1. The molecule has 0 heterocycles. The zero-order valence-corrected chi connectivity index (χ0v) is 11.2. The lowest BCUT2D eigenvalue weighted by molar-refractivity contribution is -0.137. The van der Waals surface area contributed by atoms with E-state index in [4.69, 9.17) is 0 Å². The lowest BCUT2D eigenvalue weighted by Gasteiger charge is -2.12. The number of carboxylic acid groups (broad SMARTS) is 1. The third-order valence-electron chi connectivity index (χ3n) is 3.26. The predicted molar refractivity (Wildman–Crippen MR) is 77.0 cm³/mol. The van der Waals surface area contributed by atoms with Gasteiger partial charge in [-0.2, -0.15) is 0 Å². The van der Waals surface area contributed by atoms with Crippen LogP contribution in [0.15, 0.2) is 54.6 Å². The molecular weight excluding hydrogens is 252 g/mol. The Kier molecular flexibility index (Phi) is 4.31. The molecule has 2 rings (SSSR count). The third-order valence-corrected chi connectivity index (χ3v) is 3.26. The van der Waals surface area contributed by atoms with Gasteiger partial charge < -0.3 is 5.11 Å². The highest BCUT2D eigenvalue weighted by Crippen LogP contribution is 2.22. The van der Waals surface area contributed by atoms with Crippen molar-refractivity contribution in [1.82, 2.24) is 0 Å². The second-order valence-corrected chi connectivity index (χ2v) is 4.60. The number of carbonyl (C=O) groups excluding carboxylic acids is 1. The fraction of sp³-hybridized carbons (Fsp3) is 0.176. The normalized spacial score (nSPS) is 11.8. The number of carboxylic acids is 1. The Morgan fingerprint density at radius 3 is 2.35 bits per heavy atom. The molecule has 0 fully saturated rings. The monoisotopic (exact) mass is 268 g/mol. The van der Waals surface area contributed by atoms with Gasteiger partial charge in [-0.1, -0.05) is 55.5 Å². The molecule has 0 aliphatic heterocycles. The van der Waals surface area contributed by atoms with Gasteiger partial charge in [-0.05, 0) is 23.6 Å². The third kappa shape index (κ3) is 2.94. The molecule has 1 unspecified atom stereocenters. The number of carbonyl (C=O) groups is 2. The van der Waals surface area contributed by atoms with E-state index in [0.29, 0.717) is 11.1 Å². The zero-order valence-electron chi connectivity index (χ0n) is 11.2. The number of rotatable bonds is 5. The van der Waals surface area contributed by atoms with E-state index < -0.39 is 11.9 Å². The van der Waals surface area contributed by atoms with Gasteiger partial charge in [-0.25, -0.2) is 0 Å². The minimum absolute atomic E-state index is 0.376. The molecule has 102 valence electrons. The largest absolute Gasteiger partial charge is 0.480 e. The topological polar surface area (TPSA) is 54.4 Å². The first kappa shape index (κ1) is 14.0. The smallest absolute Gasteiger partial charge is 0.318 e. The van der Waals surface area contributed by atoms with E-state index in [2.05, 4.69) is 0 Å². The zero-order chi connectivity index (χ0) is 14.5. The summed E-state index contributed by atoms with van der Waals surface area (Å²) in [6.45, 7) is 2.00. The summed E-state index contributed by atoms with van der Waals surface area (Å²) in [5.41, 5.74) is 1.97. The van der Waals surface area contributed by atoms with Gasteiger partial charge in [0.15, 0.2) is 5.78 Å². The summed E-state index contributed by atoms with van der Waals surface area (Å²) in [6, 6.07) is 15.7. The van der Waals surface area contributed by atoms with Crippen molar-refractivity contribution in [2.24, 2.45) is 0 Å². The second kappa shape index (κ2) is 6.15. The van der Waals surface area contributed by atoms with E-state index in [1.807, 2.05) is 13.0 Å². The average molecular weight is 268 g/mol. The Morgan fingerprint density at radius 1 is 1.05 bits per heavy atom. The summed E-state index contributed by atoms with van der Waals surface area (Å²) in [6.07, 6.45) is 0.810. The number of benzene rings is 2. The number of aryl methyl sites for hydroxylation is 1. The Morgan fingerprint density at radius 2 is 1.75 bits per heavy atom. The fourth-order valence-electron chi connectivity index (χ4n) is 2.16. The highest BCUT2D eigenvalue weighted by molar-refractivity contribution is 6.12. The molecule has 1 atom stereocenters. The van der Waals surface area contributed by atoms with Crippen LogP contribution in [-0.2, 0) is 11.2 Å². The van der Waals surface area contributed by atoms with Crippen LogP contribution in [0, 0.1) is 0 Å². The van der Waals surface area contributed by atoms with E-state index in [0.717, 1.165) is 12.0 Å². The number of hydrogen-bond acceptors (Lipinski definition) is 2. The molecule has 0 radical (unpaired) electrons. The molecule has 0 bridgehead atoms. The van der Waals surface area contributed by atoms with Crippen molar-refractivity contribution in [2.75, 3.05) is 0 Å². The number of Topliss-reactive ketones (excluding diaryl/α,β-unsaturated/α-hetero) is 1. The van der Waals surface area contributed by atoms with Crippen LogP contribution in [-0.4, -0.2) is 16.9 Å². The molecular formula is C17H16O3. The summed E-state index contributed by atoms with van der Waals surface area (Å²) >= 11 is 0. The molecule has 3 nitrogen and oxygen atoms in total. The van der Waals surface area contributed by atoms with Gasteiger partial charge in [0.05, 0.1) is 0 Å². The fourth-order valence-corrected chi connectivity index (χ4v) is 2.16. The van der Waals surface area contributed by atoms with E-state index in [1.165, 1.54) is 0 Å². The average Bonchev–Trinajstić information content (AvgIpc) is 2.48. The van der Waals surface area contributed by atoms with Gasteiger partial charge in [-0.3, -0.25) is 9.59 Å². The molecule has 0 amide bonds. The molecule has 3 heteroatoms. The first-order valence-corrected chi connectivity index (χ1v) is 6.54. The van der Waals surface area contributed by atoms with Crippen LogP contribution in [0.2, 0.25) is 0 Å². The predicted octanol–water partition coefficient (Wildman–Crippen LogP) is 3.30. The van der Waals surface area contributed by atoms with Crippen LogP contribution < -0.4 is 0 Å². The molecule has 0 aromatic heterocycles. The van der Waals surface area contributed by atoms with Gasteiger partial charge in [-0.15, -0.1) is 0 Å². The van der Waals surface area contributed by atoms with Crippen molar-refractivity contribution < 1.29 is 14.7 Å². The van der Waals surface area contributed by atoms with Crippen molar-refractivity contribution >= 4 is 11.8 Å². The van der Waals surface area contributed by atoms with Crippen molar-refractivity contribution in [3.8, 4) is 0 Å². The van der Waals surface area contributed by atoms with E-state index in [1.54, 1.807) is 48.5 Å². The highest BCUT2D eigenvalue weighted by atomic mass is 16.4. The lowest BCUT2D eigenvalue weighted by Crippen LogP contribution is -2.21. The highest BCUT2D eigenvalue weighted by Gasteiger charge is 2.28. The van der Waals surface area contributed by atoms with Crippen molar-refractivity contribution in [3.63, 3.8) is 0 Å². The molecule has 20 heavy (non-hydrogen) atoms. The van der Waals surface area contributed by atoms with Crippen LogP contribution in [0.25, 0.3) is 0 Å². The maximum Gasteiger partial charge on any atom is 0.318 e. The quantitative estimate of drug-likeness (QED) is 0.668. The SMILES string of the molecule is CCc1cccc(C(=O)C(C(=O)O)c2ccccc2)c1.